The van der Waals surface area contributed by atoms with Crippen LogP contribution in [0.5, 0.6) is 0 Å². The number of nitrogens with one attached hydrogen (secondary N) is 1. The fourth-order valence-electron chi connectivity index (χ4n) is 2.72. The molecule has 1 aromatic heterocycles. The molecule has 1 aliphatic heterocycles. The maximum Gasteiger partial charge on any atom is 0.205 e. The Morgan fingerprint density at radius 2 is 2.08 bits per heavy atom. The van der Waals surface area contributed by atoms with E-state index in [1.54, 1.807) is 11.6 Å². The van der Waals surface area contributed by atoms with Crippen molar-refractivity contribution in [2.24, 2.45) is 5.10 Å². The molecule has 1 fully saturated rings. The number of hydrazone groups is 1. The molecule has 0 atom stereocenters. The second-order valence-corrected chi connectivity index (χ2v) is 6.98. The van der Waals surface area contributed by atoms with E-state index in [-0.39, 0.29) is 0 Å². The molecule has 0 aliphatic carbocycles. The number of nitrogen functional groups attached to an aromatic ring is 1. The quantitative estimate of drug-likeness (QED) is 0.643. The van der Waals surface area contributed by atoms with Gasteiger partial charge in [0.25, 0.3) is 0 Å². The maximum atomic E-state index is 5.57. The third kappa shape index (κ3) is 5.02. The Morgan fingerprint density at radius 1 is 1.25 bits per heavy atom. The first kappa shape index (κ1) is 16.9. The normalized spacial score (nSPS) is 17.2. The fourth-order valence-corrected chi connectivity index (χ4v) is 3.27. The highest BCUT2D eigenvalue weighted by Crippen LogP contribution is 2.16. The van der Waals surface area contributed by atoms with Crippen LogP contribution in [0.4, 0.5) is 10.9 Å². The minimum absolute atomic E-state index is 0.516. The molecule has 0 unspecified atom stereocenters. The summed E-state index contributed by atoms with van der Waals surface area (Å²) in [6.45, 7) is 5.68. The van der Waals surface area contributed by atoms with Crippen LogP contribution < -0.4 is 11.2 Å². The molecular weight excluding hydrogens is 320 g/mol. The van der Waals surface area contributed by atoms with Crippen LogP contribution in [-0.2, 0) is 6.54 Å². The van der Waals surface area contributed by atoms with Gasteiger partial charge in [0.15, 0.2) is 0 Å². The van der Waals surface area contributed by atoms with E-state index in [0.717, 1.165) is 25.2 Å². The maximum absolute atomic E-state index is 5.57. The molecule has 7 heteroatoms. The zero-order valence-corrected chi connectivity index (χ0v) is 14.8. The van der Waals surface area contributed by atoms with Gasteiger partial charge in [0, 0.05) is 25.0 Å². The molecule has 3 rings (SSSR count). The minimum atomic E-state index is 0.516. The summed E-state index contributed by atoms with van der Waals surface area (Å²) in [5.41, 5.74) is 10.9. The standard InChI is InChI=1S/C17H24N6S/c1-22-7-2-8-23(10-9-22)12-15-5-3-14(4-6-15)11-19-21-17-20-16(18)13-24-17/h3-6,11,13H,2,7-10,12,18H2,1H3,(H,20,21). The predicted molar refractivity (Wildman–Crippen MR) is 102 cm³/mol. The zero-order chi connectivity index (χ0) is 16.8. The lowest BCUT2D eigenvalue weighted by atomic mass is 10.1. The number of hydrogen-bond donors (Lipinski definition) is 2. The molecule has 128 valence electrons. The van der Waals surface area contributed by atoms with Gasteiger partial charge >= 0.3 is 0 Å². The van der Waals surface area contributed by atoms with E-state index in [4.69, 9.17) is 5.73 Å². The van der Waals surface area contributed by atoms with Gasteiger partial charge in [-0.3, -0.25) is 10.3 Å². The van der Waals surface area contributed by atoms with Crippen LogP contribution in [0.1, 0.15) is 17.5 Å². The van der Waals surface area contributed by atoms with Crippen molar-refractivity contribution < 1.29 is 0 Å². The highest BCUT2D eigenvalue weighted by Gasteiger charge is 2.11. The number of nitrogens with zero attached hydrogens (tertiary/aromatic N) is 4. The summed E-state index contributed by atoms with van der Waals surface area (Å²) in [6, 6.07) is 8.55. The molecule has 24 heavy (non-hydrogen) atoms. The number of nitrogens with two attached hydrogens (primary N) is 1. The number of anilines is 2. The van der Waals surface area contributed by atoms with Crippen molar-refractivity contribution in [2.45, 2.75) is 13.0 Å². The second kappa shape index (κ2) is 8.23. The Hall–Kier alpha value is -1.96. The van der Waals surface area contributed by atoms with Gasteiger partial charge in [0.05, 0.1) is 6.21 Å². The molecule has 0 amide bonds. The van der Waals surface area contributed by atoms with Crippen molar-refractivity contribution in [1.82, 2.24) is 14.8 Å². The van der Waals surface area contributed by atoms with Gasteiger partial charge in [-0.2, -0.15) is 5.10 Å². The number of aromatic nitrogens is 1. The lowest BCUT2D eigenvalue weighted by molar-refractivity contribution is 0.269. The molecule has 1 aromatic carbocycles. The monoisotopic (exact) mass is 344 g/mol. The predicted octanol–water partition coefficient (Wildman–Crippen LogP) is 2.31. The largest absolute Gasteiger partial charge is 0.383 e. The van der Waals surface area contributed by atoms with Crippen LogP contribution in [0.15, 0.2) is 34.7 Å². The zero-order valence-electron chi connectivity index (χ0n) is 14.0. The van der Waals surface area contributed by atoms with Gasteiger partial charge in [0.2, 0.25) is 5.13 Å². The van der Waals surface area contributed by atoms with E-state index in [9.17, 15) is 0 Å². The Balaban J connectivity index is 1.51. The number of rotatable bonds is 5. The van der Waals surface area contributed by atoms with Gasteiger partial charge in [-0.05, 0) is 37.7 Å². The summed E-state index contributed by atoms with van der Waals surface area (Å²) in [7, 11) is 2.20. The highest BCUT2D eigenvalue weighted by molar-refractivity contribution is 7.14. The summed E-state index contributed by atoms with van der Waals surface area (Å²) >= 11 is 1.44. The molecule has 0 spiro atoms. The SMILES string of the molecule is CN1CCCN(Cc2ccc(C=NNc3nc(N)cs3)cc2)CC1. The van der Waals surface area contributed by atoms with E-state index in [2.05, 4.69) is 56.6 Å². The lowest BCUT2D eigenvalue weighted by Crippen LogP contribution is -2.28. The third-order valence-corrected chi connectivity index (χ3v) is 4.86. The Bertz CT molecular complexity index is 666. The van der Waals surface area contributed by atoms with Crippen molar-refractivity contribution >= 4 is 28.5 Å². The first-order valence-corrected chi connectivity index (χ1v) is 9.07. The van der Waals surface area contributed by atoms with Gasteiger partial charge < -0.3 is 10.6 Å². The molecular formula is C17H24N6S. The summed E-state index contributed by atoms with van der Waals surface area (Å²) in [4.78, 5) is 9.03. The lowest BCUT2D eigenvalue weighted by Gasteiger charge is -2.20. The van der Waals surface area contributed by atoms with Crippen LogP contribution in [0.3, 0.4) is 0 Å². The van der Waals surface area contributed by atoms with Crippen LogP contribution in [-0.4, -0.2) is 54.2 Å². The van der Waals surface area contributed by atoms with E-state index >= 15 is 0 Å². The van der Waals surface area contributed by atoms with Crippen LogP contribution in [0.25, 0.3) is 0 Å². The summed E-state index contributed by atoms with van der Waals surface area (Å²) in [5.74, 6) is 0.516. The molecule has 2 heterocycles. The van der Waals surface area contributed by atoms with Crippen LogP contribution in [0.2, 0.25) is 0 Å². The smallest absolute Gasteiger partial charge is 0.205 e. The van der Waals surface area contributed by atoms with Crippen molar-refractivity contribution in [2.75, 3.05) is 44.4 Å². The number of likely N-dealkylation sites (N-methyl/N-ethyl adjacent to an activating group) is 1. The van der Waals surface area contributed by atoms with E-state index < -0.39 is 0 Å². The second-order valence-electron chi connectivity index (χ2n) is 6.12. The highest BCUT2D eigenvalue weighted by atomic mass is 32.1. The molecule has 3 N–H and O–H groups in total. The molecule has 0 saturated carbocycles. The topological polar surface area (TPSA) is 69.8 Å². The third-order valence-electron chi connectivity index (χ3n) is 4.09. The van der Waals surface area contributed by atoms with Gasteiger partial charge in [-0.1, -0.05) is 24.3 Å². The van der Waals surface area contributed by atoms with Crippen molar-refractivity contribution in [3.05, 3.63) is 40.8 Å². The van der Waals surface area contributed by atoms with Gasteiger partial charge in [0.1, 0.15) is 5.82 Å². The average Bonchev–Trinajstić information content (AvgIpc) is 2.88. The Kier molecular flexibility index (Phi) is 5.79. The van der Waals surface area contributed by atoms with Gasteiger partial charge in [-0.15, -0.1) is 11.3 Å². The van der Waals surface area contributed by atoms with E-state index in [0.29, 0.717) is 10.9 Å². The molecule has 0 bridgehead atoms. The Labute approximate surface area is 147 Å². The molecule has 2 aromatic rings. The fraction of sp³-hybridized carbons (Fsp3) is 0.412. The number of hydrogen-bond acceptors (Lipinski definition) is 7. The van der Waals surface area contributed by atoms with Crippen LogP contribution in [0, 0.1) is 0 Å². The first-order chi connectivity index (χ1) is 11.7. The molecule has 6 nitrogen and oxygen atoms in total. The molecule has 0 radical (unpaired) electrons. The van der Waals surface area contributed by atoms with E-state index in [1.807, 2.05) is 0 Å². The van der Waals surface area contributed by atoms with Gasteiger partial charge in [-0.25, -0.2) is 4.98 Å². The van der Waals surface area contributed by atoms with Crippen molar-refractivity contribution in [3.63, 3.8) is 0 Å². The number of benzene rings is 1. The summed E-state index contributed by atoms with van der Waals surface area (Å²) < 4.78 is 0. The van der Waals surface area contributed by atoms with E-state index in [1.165, 1.54) is 36.4 Å². The number of thiazole rings is 1. The van der Waals surface area contributed by atoms with Crippen molar-refractivity contribution in [1.29, 1.82) is 0 Å². The molecule has 1 saturated heterocycles. The summed E-state index contributed by atoms with van der Waals surface area (Å²) in [5, 5.41) is 6.68. The van der Waals surface area contributed by atoms with Crippen molar-refractivity contribution in [3.8, 4) is 0 Å². The minimum Gasteiger partial charge on any atom is -0.383 e. The first-order valence-electron chi connectivity index (χ1n) is 8.19. The summed E-state index contributed by atoms with van der Waals surface area (Å²) in [6.07, 6.45) is 3.04. The Morgan fingerprint density at radius 3 is 2.83 bits per heavy atom. The molecule has 1 aliphatic rings. The average molecular weight is 344 g/mol. The van der Waals surface area contributed by atoms with Crippen LogP contribution >= 0.6 is 11.3 Å².